The third kappa shape index (κ3) is 11.9. The maximum atomic E-state index is 10.8. The molecular weight excluding hydrogens is 208 g/mol. The Morgan fingerprint density at radius 1 is 1.38 bits per heavy atom. The van der Waals surface area contributed by atoms with Gasteiger partial charge in [0.25, 0.3) is 0 Å². The molecule has 0 spiro atoms. The normalized spacial score (nSPS) is 8.56. The second-order valence-electron chi connectivity index (χ2n) is 2.38. The van der Waals surface area contributed by atoms with Crippen LogP contribution in [0, 0.1) is 0 Å². The zero-order chi connectivity index (χ0) is 13.0. The van der Waals surface area contributed by atoms with Gasteiger partial charge in [-0.2, -0.15) is 0 Å². The highest BCUT2D eigenvalue weighted by Gasteiger charge is 2.01. The standard InChI is InChI=1S/C9H12O2.C3H4O2/c1-4-6-7-8(3)9(10)11-5-2;1-2-3(4)5/h4,6-7H,1,3,5H2,2H3;2H,1H2,(H,4,5). The highest BCUT2D eigenvalue weighted by atomic mass is 16.5. The summed E-state index contributed by atoms with van der Waals surface area (Å²) in [7, 11) is 0. The molecular formula is C12H16O4. The monoisotopic (exact) mass is 224 g/mol. The summed E-state index contributed by atoms with van der Waals surface area (Å²) < 4.78 is 4.68. The lowest BCUT2D eigenvalue weighted by Gasteiger charge is -1.98. The van der Waals surface area contributed by atoms with Crippen molar-refractivity contribution in [3.63, 3.8) is 0 Å². The van der Waals surface area contributed by atoms with Crippen LogP contribution in [-0.2, 0) is 14.3 Å². The molecule has 0 fully saturated rings. The number of carboxylic acids is 1. The third-order valence-electron chi connectivity index (χ3n) is 1.15. The largest absolute Gasteiger partial charge is 0.478 e. The van der Waals surface area contributed by atoms with Gasteiger partial charge in [0, 0.05) is 6.08 Å². The number of hydrogen-bond acceptors (Lipinski definition) is 3. The minimum absolute atomic E-state index is 0.340. The molecule has 0 saturated heterocycles. The lowest BCUT2D eigenvalue weighted by Crippen LogP contribution is -2.04. The van der Waals surface area contributed by atoms with Crippen LogP contribution in [0.1, 0.15) is 6.92 Å². The van der Waals surface area contributed by atoms with Crippen molar-refractivity contribution in [2.75, 3.05) is 6.61 Å². The summed E-state index contributed by atoms with van der Waals surface area (Å²) in [5.74, 6) is -1.37. The molecule has 0 saturated carbocycles. The number of hydrogen-bond donors (Lipinski definition) is 1. The molecule has 0 atom stereocenters. The summed E-state index contributed by atoms with van der Waals surface area (Å²) in [4.78, 5) is 20.1. The molecule has 0 aliphatic heterocycles. The Morgan fingerprint density at radius 2 is 1.88 bits per heavy atom. The molecule has 4 heteroatoms. The highest BCUT2D eigenvalue weighted by molar-refractivity contribution is 5.90. The maximum Gasteiger partial charge on any atom is 0.337 e. The number of ether oxygens (including phenoxy) is 1. The van der Waals surface area contributed by atoms with Crippen molar-refractivity contribution in [2.45, 2.75) is 6.92 Å². The Kier molecular flexibility index (Phi) is 11.2. The lowest BCUT2D eigenvalue weighted by molar-refractivity contribution is -0.138. The zero-order valence-corrected chi connectivity index (χ0v) is 9.31. The van der Waals surface area contributed by atoms with Crippen molar-refractivity contribution in [2.24, 2.45) is 0 Å². The minimum atomic E-state index is -0.981. The van der Waals surface area contributed by atoms with Crippen molar-refractivity contribution in [3.8, 4) is 0 Å². The minimum Gasteiger partial charge on any atom is -0.478 e. The lowest BCUT2D eigenvalue weighted by atomic mass is 10.3. The third-order valence-corrected chi connectivity index (χ3v) is 1.15. The fourth-order valence-corrected chi connectivity index (χ4v) is 0.476. The van der Waals surface area contributed by atoms with Crippen LogP contribution in [0.5, 0.6) is 0 Å². The van der Waals surface area contributed by atoms with E-state index in [0.717, 1.165) is 6.08 Å². The van der Waals surface area contributed by atoms with Gasteiger partial charge < -0.3 is 9.84 Å². The quantitative estimate of drug-likeness (QED) is 0.441. The topological polar surface area (TPSA) is 63.6 Å². The Labute approximate surface area is 95.2 Å². The summed E-state index contributed by atoms with van der Waals surface area (Å²) >= 11 is 0. The second kappa shape index (κ2) is 11.0. The molecule has 4 nitrogen and oxygen atoms in total. The van der Waals surface area contributed by atoms with E-state index >= 15 is 0 Å². The molecule has 0 unspecified atom stereocenters. The summed E-state index contributed by atoms with van der Waals surface area (Å²) in [6, 6.07) is 0. The molecule has 88 valence electrons. The van der Waals surface area contributed by atoms with E-state index in [9.17, 15) is 9.59 Å². The van der Waals surface area contributed by atoms with Crippen LogP contribution in [-0.4, -0.2) is 23.7 Å². The number of rotatable bonds is 5. The summed E-state index contributed by atoms with van der Waals surface area (Å²) in [5, 5.41) is 7.60. The first-order valence-corrected chi connectivity index (χ1v) is 4.50. The van der Waals surface area contributed by atoms with Crippen molar-refractivity contribution >= 4 is 11.9 Å². The first kappa shape index (κ1) is 16.3. The van der Waals surface area contributed by atoms with E-state index in [2.05, 4.69) is 24.5 Å². The SMILES string of the molecule is C=CC(=O)O.C=CC=CC(=C)C(=O)OCC. The van der Waals surface area contributed by atoms with E-state index in [1.807, 2.05) is 0 Å². The number of allylic oxidation sites excluding steroid dienone is 2. The van der Waals surface area contributed by atoms with E-state index in [1.54, 1.807) is 25.2 Å². The molecule has 0 aromatic carbocycles. The van der Waals surface area contributed by atoms with Crippen LogP contribution in [0.4, 0.5) is 0 Å². The summed E-state index contributed by atoms with van der Waals surface area (Å²) in [5.41, 5.74) is 0.340. The van der Waals surface area contributed by atoms with Gasteiger partial charge in [0.2, 0.25) is 0 Å². The predicted molar refractivity (Wildman–Crippen MR) is 62.9 cm³/mol. The van der Waals surface area contributed by atoms with Gasteiger partial charge in [0.1, 0.15) is 0 Å². The average molecular weight is 224 g/mol. The van der Waals surface area contributed by atoms with Gasteiger partial charge in [0.05, 0.1) is 12.2 Å². The van der Waals surface area contributed by atoms with E-state index in [1.165, 1.54) is 0 Å². The van der Waals surface area contributed by atoms with E-state index in [0.29, 0.717) is 12.2 Å². The Hall–Kier alpha value is -2.10. The van der Waals surface area contributed by atoms with Crippen LogP contribution >= 0.6 is 0 Å². The summed E-state index contributed by atoms with van der Waals surface area (Å²) in [6.07, 6.45) is 5.61. The molecule has 1 N–H and O–H groups in total. The van der Waals surface area contributed by atoms with Gasteiger partial charge in [-0.3, -0.25) is 0 Å². The van der Waals surface area contributed by atoms with Crippen molar-refractivity contribution in [3.05, 3.63) is 49.6 Å². The highest BCUT2D eigenvalue weighted by Crippen LogP contribution is 1.96. The molecule has 0 aliphatic carbocycles. The molecule has 0 aromatic rings. The average Bonchev–Trinajstić information content (AvgIpc) is 2.26. The number of carbonyl (C=O) groups excluding carboxylic acids is 1. The number of carbonyl (C=O) groups is 2. The van der Waals surface area contributed by atoms with Gasteiger partial charge in [-0.25, -0.2) is 9.59 Å². The predicted octanol–water partition coefficient (Wildman–Crippen LogP) is 2.10. The molecule has 0 radical (unpaired) electrons. The summed E-state index contributed by atoms with van der Waals surface area (Å²) in [6.45, 7) is 12.0. The van der Waals surface area contributed by atoms with Gasteiger partial charge in [-0.1, -0.05) is 31.9 Å². The molecule has 0 heterocycles. The maximum absolute atomic E-state index is 10.8. The van der Waals surface area contributed by atoms with Crippen LogP contribution in [0.25, 0.3) is 0 Å². The second-order valence-corrected chi connectivity index (χ2v) is 2.38. The first-order chi connectivity index (χ1) is 7.49. The van der Waals surface area contributed by atoms with E-state index < -0.39 is 5.97 Å². The van der Waals surface area contributed by atoms with Crippen molar-refractivity contribution in [1.29, 1.82) is 0 Å². The number of aliphatic carboxylic acids is 1. The van der Waals surface area contributed by atoms with Crippen LogP contribution < -0.4 is 0 Å². The van der Waals surface area contributed by atoms with Crippen molar-refractivity contribution < 1.29 is 19.4 Å². The van der Waals surface area contributed by atoms with Gasteiger partial charge in [-0.15, -0.1) is 0 Å². The zero-order valence-electron chi connectivity index (χ0n) is 9.31. The fraction of sp³-hybridized carbons (Fsp3) is 0.167. The first-order valence-electron chi connectivity index (χ1n) is 4.50. The molecule has 0 bridgehead atoms. The molecule has 0 aliphatic rings. The van der Waals surface area contributed by atoms with Gasteiger partial charge in [0.15, 0.2) is 0 Å². The van der Waals surface area contributed by atoms with Crippen LogP contribution in [0.15, 0.2) is 49.6 Å². The Balaban J connectivity index is 0. The number of esters is 1. The molecule has 0 rings (SSSR count). The molecule has 0 amide bonds. The molecule has 16 heavy (non-hydrogen) atoms. The molecule has 0 aromatic heterocycles. The number of carboxylic acid groups (broad SMARTS) is 1. The smallest absolute Gasteiger partial charge is 0.337 e. The van der Waals surface area contributed by atoms with Crippen LogP contribution in [0.3, 0.4) is 0 Å². The Bertz CT molecular complexity index is 300. The fourth-order valence-electron chi connectivity index (χ4n) is 0.476. The van der Waals surface area contributed by atoms with Crippen LogP contribution in [0.2, 0.25) is 0 Å². The van der Waals surface area contributed by atoms with Gasteiger partial charge >= 0.3 is 11.9 Å². The van der Waals surface area contributed by atoms with Crippen molar-refractivity contribution in [1.82, 2.24) is 0 Å². The van der Waals surface area contributed by atoms with E-state index in [4.69, 9.17) is 5.11 Å². The Morgan fingerprint density at radius 3 is 2.19 bits per heavy atom. The van der Waals surface area contributed by atoms with E-state index in [-0.39, 0.29) is 5.97 Å². The van der Waals surface area contributed by atoms with Gasteiger partial charge in [-0.05, 0) is 13.0 Å².